The number of hydrogen-bond acceptors (Lipinski definition) is 4. The number of methoxy groups -OCH3 is 1. The summed E-state index contributed by atoms with van der Waals surface area (Å²) < 4.78 is 5.10. The third-order valence-corrected chi connectivity index (χ3v) is 3.18. The topological polar surface area (TPSA) is 68.8 Å². The van der Waals surface area contributed by atoms with Crippen LogP contribution in [0, 0.1) is 22.7 Å². The molecule has 2 aromatic carbocycles. The zero-order valence-corrected chi connectivity index (χ0v) is 12.1. The number of ether oxygens (including phenoxy) is 1. The van der Waals surface area contributed by atoms with Crippen molar-refractivity contribution < 1.29 is 4.74 Å². The van der Waals surface area contributed by atoms with Crippen molar-refractivity contribution in [2.24, 2.45) is 0 Å². The van der Waals surface area contributed by atoms with Crippen molar-refractivity contribution in [1.29, 1.82) is 10.5 Å². The van der Waals surface area contributed by atoms with Crippen molar-refractivity contribution in [3.8, 4) is 17.9 Å². The number of rotatable bonds is 4. The lowest BCUT2D eigenvalue weighted by molar-refractivity contribution is 0.413. The molecule has 0 aliphatic rings. The van der Waals surface area contributed by atoms with E-state index in [0.29, 0.717) is 21.9 Å². The van der Waals surface area contributed by atoms with Crippen LogP contribution in [0.25, 0.3) is 0 Å². The van der Waals surface area contributed by atoms with Gasteiger partial charge in [-0.25, -0.2) is 0 Å². The van der Waals surface area contributed by atoms with Crippen molar-refractivity contribution in [2.75, 3.05) is 12.4 Å². The zero-order valence-electron chi connectivity index (χ0n) is 11.3. The second kappa shape index (κ2) is 6.65. The van der Waals surface area contributed by atoms with Crippen LogP contribution in [0.15, 0.2) is 42.5 Å². The molecule has 0 aliphatic heterocycles. The van der Waals surface area contributed by atoms with E-state index in [0.717, 1.165) is 5.69 Å². The van der Waals surface area contributed by atoms with Crippen molar-refractivity contribution in [2.45, 2.75) is 6.04 Å². The third-order valence-electron chi connectivity index (χ3n) is 2.94. The number of nitrogens with zero attached hydrogens (tertiary/aromatic N) is 2. The number of nitrogens with one attached hydrogen (secondary N) is 1. The van der Waals surface area contributed by atoms with Gasteiger partial charge in [0.2, 0.25) is 0 Å². The van der Waals surface area contributed by atoms with E-state index in [-0.39, 0.29) is 0 Å². The van der Waals surface area contributed by atoms with Gasteiger partial charge in [-0.05, 0) is 35.9 Å². The number of anilines is 1. The van der Waals surface area contributed by atoms with E-state index < -0.39 is 6.04 Å². The first kappa shape index (κ1) is 14.7. The van der Waals surface area contributed by atoms with Crippen molar-refractivity contribution >= 4 is 17.3 Å². The Kier molecular flexibility index (Phi) is 4.66. The highest BCUT2D eigenvalue weighted by molar-refractivity contribution is 6.30. The maximum absolute atomic E-state index is 9.34. The van der Waals surface area contributed by atoms with Gasteiger partial charge in [-0.15, -0.1) is 0 Å². The molecule has 1 N–H and O–H groups in total. The average Bonchev–Trinajstić information content (AvgIpc) is 2.52. The van der Waals surface area contributed by atoms with Gasteiger partial charge in [-0.3, -0.25) is 0 Å². The second-order valence-electron chi connectivity index (χ2n) is 4.29. The summed E-state index contributed by atoms with van der Waals surface area (Å²) in [6.45, 7) is 0. The Morgan fingerprint density at radius 1 is 1.19 bits per heavy atom. The number of halogens is 1. The van der Waals surface area contributed by atoms with Gasteiger partial charge in [-0.2, -0.15) is 10.5 Å². The van der Waals surface area contributed by atoms with E-state index in [1.165, 1.54) is 7.11 Å². The molecule has 0 saturated carbocycles. The summed E-state index contributed by atoms with van der Waals surface area (Å²) in [7, 11) is 1.50. The van der Waals surface area contributed by atoms with Crippen LogP contribution < -0.4 is 10.1 Å². The Hall–Kier alpha value is -2.69. The molecule has 4 nitrogen and oxygen atoms in total. The van der Waals surface area contributed by atoms with Crippen LogP contribution in [0.5, 0.6) is 5.75 Å². The molecular formula is C16H12ClN3O. The number of nitriles is 2. The summed E-state index contributed by atoms with van der Waals surface area (Å²) in [5.41, 5.74) is 1.82. The van der Waals surface area contributed by atoms with E-state index >= 15 is 0 Å². The van der Waals surface area contributed by atoms with Gasteiger partial charge in [0.1, 0.15) is 17.9 Å². The molecule has 0 amide bonds. The SMILES string of the molecule is COc1ccc(C(C#N)Nc2cccc(Cl)c2)cc1C#N. The van der Waals surface area contributed by atoms with Crippen molar-refractivity contribution in [3.05, 3.63) is 58.6 Å². The highest BCUT2D eigenvalue weighted by Crippen LogP contribution is 2.26. The zero-order chi connectivity index (χ0) is 15.2. The third kappa shape index (κ3) is 3.45. The first-order valence-corrected chi connectivity index (χ1v) is 6.55. The van der Waals surface area contributed by atoms with Crippen molar-refractivity contribution in [1.82, 2.24) is 0 Å². The molecule has 0 heterocycles. The summed E-state index contributed by atoms with van der Waals surface area (Å²) in [6.07, 6.45) is 0. The Morgan fingerprint density at radius 2 is 2.00 bits per heavy atom. The lowest BCUT2D eigenvalue weighted by Crippen LogP contribution is -2.09. The summed E-state index contributed by atoms with van der Waals surface area (Å²) in [4.78, 5) is 0. The van der Waals surface area contributed by atoms with E-state index in [1.54, 1.807) is 36.4 Å². The molecule has 2 aromatic rings. The summed E-state index contributed by atoms with van der Waals surface area (Å²) >= 11 is 5.92. The molecule has 0 saturated heterocycles. The molecule has 2 rings (SSSR count). The van der Waals surface area contributed by atoms with Gasteiger partial charge in [0, 0.05) is 10.7 Å². The average molecular weight is 298 g/mol. The number of benzene rings is 2. The molecule has 0 bridgehead atoms. The second-order valence-corrected chi connectivity index (χ2v) is 4.72. The maximum Gasteiger partial charge on any atom is 0.140 e. The van der Waals surface area contributed by atoms with E-state index in [9.17, 15) is 5.26 Å². The monoisotopic (exact) mass is 297 g/mol. The smallest absolute Gasteiger partial charge is 0.140 e. The minimum atomic E-state index is -0.582. The fraction of sp³-hybridized carbons (Fsp3) is 0.125. The highest BCUT2D eigenvalue weighted by Gasteiger charge is 2.13. The van der Waals surface area contributed by atoms with Gasteiger partial charge in [0.25, 0.3) is 0 Å². The quantitative estimate of drug-likeness (QED) is 0.929. The lowest BCUT2D eigenvalue weighted by Gasteiger charge is -2.14. The highest BCUT2D eigenvalue weighted by atomic mass is 35.5. The molecular weight excluding hydrogens is 286 g/mol. The fourth-order valence-corrected chi connectivity index (χ4v) is 2.12. The molecule has 0 spiro atoms. The van der Waals surface area contributed by atoms with E-state index in [2.05, 4.69) is 17.5 Å². The molecule has 104 valence electrons. The molecule has 0 aromatic heterocycles. The molecule has 21 heavy (non-hydrogen) atoms. The normalized spacial score (nSPS) is 11.0. The summed E-state index contributed by atoms with van der Waals surface area (Å²) in [5, 5.41) is 22.1. The predicted molar refractivity (Wildman–Crippen MR) is 81.1 cm³/mol. The van der Waals surface area contributed by atoms with Gasteiger partial charge in [-0.1, -0.05) is 23.7 Å². The Labute approximate surface area is 128 Å². The van der Waals surface area contributed by atoms with Crippen LogP contribution in [0.1, 0.15) is 17.2 Å². The van der Waals surface area contributed by atoms with Crippen LogP contribution in [0.2, 0.25) is 5.02 Å². The summed E-state index contributed by atoms with van der Waals surface area (Å²) in [6, 6.07) is 15.8. The summed E-state index contributed by atoms with van der Waals surface area (Å²) in [5.74, 6) is 0.487. The van der Waals surface area contributed by atoms with Crippen LogP contribution in [-0.2, 0) is 0 Å². The van der Waals surface area contributed by atoms with Crippen LogP contribution >= 0.6 is 11.6 Å². The lowest BCUT2D eigenvalue weighted by atomic mass is 10.0. The Morgan fingerprint density at radius 3 is 2.62 bits per heavy atom. The van der Waals surface area contributed by atoms with Crippen LogP contribution in [0.3, 0.4) is 0 Å². The maximum atomic E-state index is 9.34. The Bertz CT molecular complexity index is 731. The van der Waals surface area contributed by atoms with Crippen molar-refractivity contribution in [3.63, 3.8) is 0 Å². The number of hydrogen-bond donors (Lipinski definition) is 1. The first-order valence-electron chi connectivity index (χ1n) is 6.17. The van der Waals surface area contributed by atoms with Gasteiger partial charge >= 0.3 is 0 Å². The van der Waals surface area contributed by atoms with Gasteiger partial charge in [0.05, 0.1) is 18.7 Å². The van der Waals surface area contributed by atoms with E-state index in [4.69, 9.17) is 21.6 Å². The Balaban J connectivity index is 2.30. The molecule has 0 radical (unpaired) electrons. The molecule has 5 heteroatoms. The minimum Gasteiger partial charge on any atom is -0.495 e. The largest absolute Gasteiger partial charge is 0.495 e. The first-order chi connectivity index (χ1) is 10.2. The fourth-order valence-electron chi connectivity index (χ4n) is 1.93. The molecule has 1 unspecified atom stereocenters. The minimum absolute atomic E-state index is 0.392. The van der Waals surface area contributed by atoms with Crippen LogP contribution in [0.4, 0.5) is 5.69 Å². The van der Waals surface area contributed by atoms with Gasteiger partial charge in [0.15, 0.2) is 0 Å². The standard InChI is InChI=1S/C16H12ClN3O/c1-21-16-6-5-11(7-12(16)9-18)15(10-19)20-14-4-2-3-13(17)8-14/h2-8,15,20H,1H3. The molecule has 1 atom stereocenters. The van der Waals surface area contributed by atoms with Crippen LogP contribution in [-0.4, -0.2) is 7.11 Å². The van der Waals surface area contributed by atoms with Gasteiger partial charge < -0.3 is 10.1 Å². The molecule has 0 aliphatic carbocycles. The predicted octanol–water partition coefficient (Wildman–Crippen LogP) is 3.90. The van der Waals surface area contributed by atoms with E-state index in [1.807, 2.05) is 6.07 Å². The molecule has 0 fully saturated rings.